The molecule has 1 saturated heterocycles. The number of halogens is 1. The molecule has 3 aromatic rings. The third kappa shape index (κ3) is 3.05. The highest BCUT2D eigenvalue weighted by Crippen LogP contribution is 2.35. The molecular formula is C19H19ClN4O2. The third-order valence-electron chi connectivity index (χ3n) is 4.70. The van der Waals surface area contributed by atoms with Crippen LogP contribution in [0.4, 0.5) is 5.82 Å². The molecule has 0 radical (unpaired) electrons. The summed E-state index contributed by atoms with van der Waals surface area (Å²) in [7, 11) is 0. The van der Waals surface area contributed by atoms with Crippen LogP contribution in [-0.2, 0) is 11.2 Å². The monoisotopic (exact) mass is 370 g/mol. The first-order valence-corrected chi connectivity index (χ1v) is 9.13. The van der Waals surface area contributed by atoms with Gasteiger partial charge in [-0.2, -0.15) is 4.98 Å². The lowest BCUT2D eigenvalue weighted by Gasteiger charge is -2.28. The fraction of sp³-hybridized carbons (Fsp3) is 0.368. The van der Waals surface area contributed by atoms with Crippen molar-refractivity contribution in [3.63, 3.8) is 0 Å². The number of pyridine rings is 1. The zero-order valence-electron chi connectivity index (χ0n) is 14.8. The lowest BCUT2D eigenvalue weighted by atomic mass is 10.0. The van der Waals surface area contributed by atoms with E-state index in [9.17, 15) is 4.79 Å². The lowest BCUT2D eigenvalue weighted by molar-refractivity contribution is -0.119. The highest BCUT2D eigenvalue weighted by atomic mass is 35.5. The van der Waals surface area contributed by atoms with Crippen LogP contribution in [-0.4, -0.2) is 34.0 Å². The molecule has 0 bridgehead atoms. The Morgan fingerprint density at radius 2 is 1.96 bits per heavy atom. The van der Waals surface area contributed by atoms with Crippen LogP contribution < -0.4 is 4.90 Å². The molecule has 6 nitrogen and oxygen atoms in total. The van der Waals surface area contributed by atoms with Crippen LogP contribution in [0.5, 0.6) is 0 Å². The Labute approximate surface area is 156 Å². The molecule has 0 N–H and O–H groups in total. The van der Waals surface area contributed by atoms with Gasteiger partial charge in [-0.05, 0) is 37.1 Å². The second-order valence-electron chi connectivity index (χ2n) is 6.53. The van der Waals surface area contributed by atoms with Crippen molar-refractivity contribution in [2.24, 2.45) is 0 Å². The maximum Gasteiger partial charge on any atom is 0.261 e. The Balaban J connectivity index is 1.92. The molecule has 0 spiro atoms. The second kappa shape index (κ2) is 6.68. The number of hydrogen-bond acceptors (Lipinski definition) is 6. The average Bonchev–Trinajstić information content (AvgIpc) is 3.07. The molecule has 2 aromatic heterocycles. The minimum Gasteiger partial charge on any atom is -0.355 e. The standard InChI is InChI=1S/C19H19ClN4O2/c1-3-12-8-13-10-15(19-21-11(2)23-26-19)18(22-17(13)16(20)9-12)24-6-4-14(25)5-7-24/h8-10H,3-7H2,1-2H3. The molecule has 3 heterocycles. The molecule has 1 aromatic carbocycles. The predicted octanol–water partition coefficient (Wildman–Crippen LogP) is 3.98. The topological polar surface area (TPSA) is 72.1 Å². The molecule has 0 aliphatic carbocycles. The van der Waals surface area contributed by atoms with Crippen LogP contribution in [0.25, 0.3) is 22.4 Å². The van der Waals surface area contributed by atoms with Gasteiger partial charge in [0.2, 0.25) is 0 Å². The fourth-order valence-corrected chi connectivity index (χ4v) is 3.56. The molecule has 134 valence electrons. The Kier molecular flexibility index (Phi) is 4.36. The Hall–Kier alpha value is -2.47. The molecule has 0 saturated carbocycles. The van der Waals surface area contributed by atoms with Gasteiger partial charge in [-0.1, -0.05) is 23.7 Å². The van der Waals surface area contributed by atoms with Gasteiger partial charge in [0.05, 0.1) is 16.1 Å². The van der Waals surface area contributed by atoms with Gasteiger partial charge < -0.3 is 9.42 Å². The smallest absolute Gasteiger partial charge is 0.261 e. The van der Waals surface area contributed by atoms with E-state index < -0.39 is 0 Å². The van der Waals surface area contributed by atoms with E-state index in [1.54, 1.807) is 6.92 Å². The highest BCUT2D eigenvalue weighted by Gasteiger charge is 2.24. The summed E-state index contributed by atoms with van der Waals surface area (Å²) in [6, 6.07) is 6.05. The van der Waals surface area contributed by atoms with Crippen molar-refractivity contribution in [2.45, 2.75) is 33.1 Å². The largest absolute Gasteiger partial charge is 0.355 e. The number of benzene rings is 1. The lowest BCUT2D eigenvalue weighted by Crippen LogP contribution is -2.34. The summed E-state index contributed by atoms with van der Waals surface area (Å²) in [6.45, 7) is 5.13. The summed E-state index contributed by atoms with van der Waals surface area (Å²) in [5.41, 5.74) is 2.67. The van der Waals surface area contributed by atoms with Crippen molar-refractivity contribution in [3.8, 4) is 11.5 Å². The summed E-state index contributed by atoms with van der Waals surface area (Å²) in [5, 5.41) is 5.48. The first kappa shape index (κ1) is 17.0. The second-order valence-corrected chi connectivity index (χ2v) is 6.94. The number of ketones is 1. The van der Waals surface area contributed by atoms with Crippen molar-refractivity contribution < 1.29 is 9.32 Å². The molecule has 26 heavy (non-hydrogen) atoms. The predicted molar refractivity (Wildman–Crippen MR) is 101 cm³/mol. The van der Waals surface area contributed by atoms with E-state index in [-0.39, 0.29) is 5.78 Å². The molecule has 7 heteroatoms. The van der Waals surface area contributed by atoms with Gasteiger partial charge in [0, 0.05) is 31.3 Å². The summed E-state index contributed by atoms with van der Waals surface area (Å²) < 4.78 is 5.41. The van der Waals surface area contributed by atoms with Crippen molar-refractivity contribution in [1.29, 1.82) is 0 Å². The number of carbonyl (C=O) groups excluding carboxylic acids is 1. The molecule has 1 aliphatic rings. The summed E-state index contributed by atoms with van der Waals surface area (Å²) in [5.74, 6) is 2.02. The van der Waals surface area contributed by atoms with Crippen LogP contribution in [0.2, 0.25) is 5.02 Å². The molecule has 4 rings (SSSR count). The van der Waals surface area contributed by atoms with Gasteiger partial charge in [-0.15, -0.1) is 0 Å². The molecule has 0 atom stereocenters. The summed E-state index contributed by atoms with van der Waals surface area (Å²) >= 11 is 6.49. The molecule has 0 amide bonds. The number of carbonyl (C=O) groups is 1. The van der Waals surface area contributed by atoms with E-state index in [0.717, 1.165) is 34.3 Å². The maximum atomic E-state index is 11.6. The van der Waals surface area contributed by atoms with E-state index >= 15 is 0 Å². The molecule has 1 aliphatic heterocycles. The average molecular weight is 371 g/mol. The van der Waals surface area contributed by atoms with Gasteiger partial charge in [0.1, 0.15) is 11.6 Å². The molecule has 0 unspecified atom stereocenters. The zero-order chi connectivity index (χ0) is 18.3. The minimum absolute atomic E-state index is 0.280. The van der Waals surface area contributed by atoms with E-state index in [2.05, 4.69) is 28.0 Å². The number of piperidine rings is 1. The zero-order valence-corrected chi connectivity index (χ0v) is 15.5. The van der Waals surface area contributed by atoms with Crippen LogP contribution >= 0.6 is 11.6 Å². The first-order chi connectivity index (χ1) is 12.5. The van der Waals surface area contributed by atoms with Crippen molar-refractivity contribution in [1.82, 2.24) is 15.1 Å². The number of anilines is 1. The first-order valence-electron chi connectivity index (χ1n) is 8.75. The van der Waals surface area contributed by atoms with E-state index in [1.807, 2.05) is 12.1 Å². The fourth-order valence-electron chi connectivity index (χ4n) is 3.27. The van der Waals surface area contributed by atoms with Crippen molar-refractivity contribution in [3.05, 3.63) is 34.6 Å². The van der Waals surface area contributed by atoms with Gasteiger partial charge in [-0.3, -0.25) is 4.79 Å². The number of Topliss-reactive ketones (excluding diaryl/α,β-unsaturated/α-hetero) is 1. The Bertz CT molecular complexity index is 989. The van der Waals surface area contributed by atoms with Crippen LogP contribution in [0.15, 0.2) is 22.7 Å². The number of aryl methyl sites for hydroxylation is 2. The van der Waals surface area contributed by atoms with Gasteiger partial charge >= 0.3 is 0 Å². The van der Waals surface area contributed by atoms with E-state index in [4.69, 9.17) is 21.1 Å². The molecule has 1 fully saturated rings. The normalized spacial score (nSPS) is 15.0. The van der Waals surface area contributed by atoms with E-state index in [1.165, 1.54) is 0 Å². The number of rotatable bonds is 3. The van der Waals surface area contributed by atoms with Crippen molar-refractivity contribution in [2.75, 3.05) is 18.0 Å². The number of nitrogens with zero attached hydrogens (tertiary/aromatic N) is 4. The van der Waals surface area contributed by atoms with Crippen molar-refractivity contribution >= 4 is 34.1 Å². The number of aromatic nitrogens is 3. The Morgan fingerprint density at radius 3 is 2.62 bits per heavy atom. The number of hydrogen-bond donors (Lipinski definition) is 0. The summed E-state index contributed by atoms with van der Waals surface area (Å²) in [6.07, 6.45) is 1.93. The SMILES string of the molecule is CCc1cc(Cl)c2nc(N3CCC(=O)CC3)c(-c3nc(C)no3)cc2c1. The van der Waals surface area contributed by atoms with Crippen LogP contribution in [0.3, 0.4) is 0 Å². The quantitative estimate of drug-likeness (QED) is 0.694. The van der Waals surface area contributed by atoms with Crippen LogP contribution in [0, 0.1) is 6.92 Å². The van der Waals surface area contributed by atoms with Gasteiger partial charge in [0.15, 0.2) is 5.82 Å². The minimum atomic E-state index is 0.280. The van der Waals surface area contributed by atoms with Gasteiger partial charge in [0.25, 0.3) is 5.89 Å². The van der Waals surface area contributed by atoms with Crippen LogP contribution in [0.1, 0.15) is 31.2 Å². The van der Waals surface area contributed by atoms with Gasteiger partial charge in [-0.25, -0.2) is 4.98 Å². The molecular weight excluding hydrogens is 352 g/mol. The maximum absolute atomic E-state index is 11.6. The highest BCUT2D eigenvalue weighted by molar-refractivity contribution is 6.35. The third-order valence-corrected chi connectivity index (χ3v) is 4.99. The number of fused-ring (bicyclic) bond motifs is 1. The summed E-state index contributed by atoms with van der Waals surface area (Å²) in [4.78, 5) is 22.9. The Morgan fingerprint density at radius 1 is 1.19 bits per heavy atom. The van der Waals surface area contributed by atoms with E-state index in [0.29, 0.717) is 42.7 Å².